The Hall–Kier alpha value is -2.47. The molecule has 0 aliphatic rings. The highest BCUT2D eigenvalue weighted by atomic mass is 35.5. The molecule has 0 aromatic heterocycles. The van der Waals surface area contributed by atoms with Gasteiger partial charge in [0, 0.05) is 23.2 Å². The summed E-state index contributed by atoms with van der Waals surface area (Å²) in [5.41, 5.74) is 0.759. The predicted octanol–water partition coefficient (Wildman–Crippen LogP) is 3.83. The van der Waals surface area contributed by atoms with E-state index in [0.717, 1.165) is 0 Å². The molecular formula is C14H13ClN2O4. The molecule has 0 spiro atoms. The van der Waals surface area contributed by atoms with Crippen LogP contribution in [-0.2, 0) is 0 Å². The Morgan fingerprint density at radius 2 is 1.81 bits per heavy atom. The van der Waals surface area contributed by atoms with Crippen LogP contribution in [0.15, 0.2) is 36.4 Å². The molecule has 6 nitrogen and oxygen atoms in total. The van der Waals surface area contributed by atoms with Gasteiger partial charge in [0.15, 0.2) is 0 Å². The van der Waals surface area contributed by atoms with Crippen molar-refractivity contribution in [3.63, 3.8) is 0 Å². The molecule has 0 amide bonds. The summed E-state index contributed by atoms with van der Waals surface area (Å²) in [4.78, 5) is 10.5. The molecular weight excluding hydrogens is 296 g/mol. The topological polar surface area (TPSA) is 95.6 Å². The van der Waals surface area contributed by atoms with E-state index in [9.17, 15) is 20.3 Å². The van der Waals surface area contributed by atoms with Crippen LogP contribution in [0, 0.1) is 10.1 Å². The minimum absolute atomic E-state index is 0.0794. The minimum Gasteiger partial charge on any atom is -0.508 e. The van der Waals surface area contributed by atoms with E-state index in [1.807, 2.05) is 0 Å². The molecule has 2 rings (SSSR count). The summed E-state index contributed by atoms with van der Waals surface area (Å²) in [6.07, 6.45) is 0. The third-order valence-corrected chi connectivity index (χ3v) is 3.19. The number of phenols is 2. The van der Waals surface area contributed by atoms with Crippen LogP contribution in [0.1, 0.15) is 18.5 Å². The zero-order chi connectivity index (χ0) is 15.6. The summed E-state index contributed by atoms with van der Waals surface area (Å²) in [5.74, 6) is -0.159. The van der Waals surface area contributed by atoms with Crippen molar-refractivity contribution < 1.29 is 15.1 Å². The van der Waals surface area contributed by atoms with Crippen LogP contribution in [0.5, 0.6) is 11.5 Å². The van der Waals surface area contributed by atoms with Crippen LogP contribution in [-0.4, -0.2) is 15.1 Å². The molecule has 21 heavy (non-hydrogen) atoms. The molecule has 0 radical (unpaired) electrons. The maximum absolute atomic E-state index is 11.0. The number of nitrogens with zero attached hydrogens (tertiary/aromatic N) is 1. The molecule has 1 unspecified atom stereocenters. The molecule has 0 aliphatic carbocycles. The van der Waals surface area contributed by atoms with Crippen LogP contribution >= 0.6 is 11.6 Å². The Labute approximate surface area is 125 Å². The summed E-state index contributed by atoms with van der Waals surface area (Å²) in [7, 11) is 0. The summed E-state index contributed by atoms with van der Waals surface area (Å²) in [6, 6.07) is 8.11. The number of nitrogens with one attached hydrogen (secondary N) is 1. The molecule has 0 saturated heterocycles. The first kappa shape index (κ1) is 14.9. The van der Waals surface area contributed by atoms with Crippen LogP contribution in [0.4, 0.5) is 11.4 Å². The number of hydrogen-bond acceptors (Lipinski definition) is 5. The largest absolute Gasteiger partial charge is 0.508 e. The van der Waals surface area contributed by atoms with Crippen molar-refractivity contribution >= 4 is 23.0 Å². The third-order valence-electron chi connectivity index (χ3n) is 2.95. The van der Waals surface area contributed by atoms with E-state index in [1.54, 1.807) is 13.0 Å². The second-order valence-corrected chi connectivity index (χ2v) is 5.00. The van der Waals surface area contributed by atoms with Crippen molar-refractivity contribution in [2.75, 3.05) is 5.32 Å². The number of rotatable bonds is 4. The van der Waals surface area contributed by atoms with Crippen molar-refractivity contribution in [2.45, 2.75) is 13.0 Å². The van der Waals surface area contributed by atoms with E-state index in [0.29, 0.717) is 11.3 Å². The maximum atomic E-state index is 11.0. The number of aromatic hydroxyl groups is 2. The van der Waals surface area contributed by atoms with Crippen molar-refractivity contribution in [1.82, 2.24) is 0 Å². The fourth-order valence-corrected chi connectivity index (χ4v) is 2.13. The zero-order valence-electron chi connectivity index (χ0n) is 11.1. The lowest BCUT2D eigenvalue weighted by molar-refractivity contribution is -0.384. The van der Waals surface area contributed by atoms with Crippen molar-refractivity contribution in [3.05, 3.63) is 57.1 Å². The van der Waals surface area contributed by atoms with Crippen molar-refractivity contribution in [2.24, 2.45) is 0 Å². The van der Waals surface area contributed by atoms with Crippen LogP contribution in [0.3, 0.4) is 0 Å². The Balaban J connectivity index is 2.31. The lowest BCUT2D eigenvalue weighted by Gasteiger charge is -2.16. The van der Waals surface area contributed by atoms with Gasteiger partial charge in [-0.1, -0.05) is 11.6 Å². The van der Waals surface area contributed by atoms with Crippen LogP contribution in [0.2, 0.25) is 5.02 Å². The average Bonchev–Trinajstić information content (AvgIpc) is 2.39. The summed E-state index contributed by atoms with van der Waals surface area (Å²) in [6.45, 7) is 1.76. The van der Waals surface area contributed by atoms with Gasteiger partial charge in [-0.05, 0) is 36.8 Å². The normalized spacial score (nSPS) is 11.9. The zero-order valence-corrected chi connectivity index (χ0v) is 11.8. The second-order valence-electron chi connectivity index (χ2n) is 4.57. The smallest absolute Gasteiger partial charge is 0.293 e. The fraction of sp³-hybridized carbons (Fsp3) is 0.143. The Morgan fingerprint density at radius 3 is 2.38 bits per heavy atom. The second kappa shape index (κ2) is 5.88. The van der Waals surface area contributed by atoms with Gasteiger partial charge in [-0.3, -0.25) is 10.1 Å². The number of nitro benzene ring substituents is 1. The van der Waals surface area contributed by atoms with Gasteiger partial charge in [0.05, 0.1) is 4.92 Å². The highest BCUT2D eigenvalue weighted by Crippen LogP contribution is 2.32. The molecule has 0 aliphatic heterocycles. The SMILES string of the molecule is CC(Nc1ccc(Cl)cc1[N+](=O)[O-])c1cc(O)cc(O)c1. The van der Waals surface area contributed by atoms with E-state index in [4.69, 9.17) is 11.6 Å². The van der Waals surface area contributed by atoms with Gasteiger partial charge in [-0.15, -0.1) is 0 Å². The highest BCUT2D eigenvalue weighted by molar-refractivity contribution is 6.30. The van der Waals surface area contributed by atoms with Crippen LogP contribution in [0.25, 0.3) is 0 Å². The van der Waals surface area contributed by atoms with E-state index in [1.165, 1.54) is 30.3 Å². The molecule has 3 N–H and O–H groups in total. The number of phenolic OH excluding ortho intramolecular Hbond substituents is 2. The molecule has 0 fully saturated rings. The Bertz CT molecular complexity index is 670. The fourth-order valence-electron chi connectivity index (χ4n) is 1.96. The van der Waals surface area contributed by atoms with Crippen LogP contribution < -0.4 is 5.32 Å². The predicted molar refractivity (Wildman–Crippen MR) is 79.9 cm³/mol. The van der Waals surface area contributed by atoms with E-state index >= 15 is 0 Å². The van der Waals surface area contributed by atoms with Gasteiger partial charge in [-0.25, -0.2) is 0 Å². The lowest BCUT2D eigenvalue weighted by atomic mass is 10.1. The third kappa shape index (κ3) is 3.55. The van der Waals surface area contributed by atoms with Gasteiger partial charge < -0.3 is 15.5 Å². The molecule has 110 valence electrons. The molecule has 2 aromatic carbocycles. The van der Waals surface area contributed by atoms with E-state index < -0.39 is 4.92 Å². The molecule has 2 aromatic rings. The molecule has 0 bridgehead atoms. The van der Waals surface area contributed by atoms with Gasteiger partial charge in [0.2, 0.25) is 0 Å². The van der Waals surface area contributed by atoms with Crippen molar-refractivity contribution in [1.29, 1.82) is 0 Å². The number of hydrogen-bond donors (Lipinski definition) is 3. The maximum Gasteiger partial charge on any atom is 0.293 e. The monoisotopic (exact) mass is 308 g/mol. The standard InChI is InChI=1S/C14H13ClN2O4/c1-8(9-4-11(18)7-12(19)5-9)16-13-3-2-10(15)6-14(13)17(20)21/h2-8,16,18-19H,1H3. The first-order valence-electron chi connectivity index (χ1n) is 6.10. The first-order chi connectivity index (χ1) is 9.86. The Kier molecular flexibility index (Phi) is 4.18. The lowest BCUT2D eigenvalue weighted by Crippen LogP contribution is -2.08. The molecule has 7 heteroatoms. The highest BCUT2D eigenvalue weighted by Gasteiger charge is 2.17. The van der Waals surface area contributed by atoms with Crippen molar-refractivity contribution in [3.8, 4) is 11.5 Å². The number of benzene rings is 2. The number of halogens is 1. The molecule has 1 atom stereocenters. The van der Waals surface area contributed by atoms with Gasteiger partial charge in [0.1, 0.15) is 17.2 Å². The quantitative estimate of drug-likeness (QED) is 0.589. The first-order valence-corrected chi connectivity index (χ1v) is 6.48. The van der Waals surface area contributed by atoms with Gasteiger partial charge >= 0.3 is 0 Å². The number of anilines is 1. The number of nitro groups is 1. The van der Waals surface area contributed by atoms with Gasteiger partial charge in [-0.2, -0.15) is 0 Å². The average molecular weight is 309 g/mol. The summed E-state index contributed by atoms with van der Waals surface area (Å²) in [5, 5.41) is 33.2. The summed E-state index contributed by atoms with van der Waals surface area (Å²) < 4.78 is 0. The molecule has 0 saturated carbocycles. The van der Waals surface area contributed by atoms with E-state index in [2.05, 4.69) is 5.32 Å². The van der Waals surface area contributed by atoms with Gasteiger partial charge in [0.25, 0.3) is 5.69 Å². The van der Waals surface area contributed by atoms with E-state index in [-0.39, 0.29) is 28.3 Å². The summed E-state index contributed by atoms with van der Waals surface area (Å²) >= 11 is 5.76. The minimum atomic E-state index is -0.527. The molecule has 0 heterocycles. The Morgan fingerprint density at radius 1 is 1.19 bits per heavy atom.